The number of anilines is 1. The molecular formula is C14H19N3O3. The summed E-state index contributed by atoms with van der Waals surface area (Å²) in [4.78, 5) is 28.6. The molecule has 0 unspecified atom stereocenters. The van der Waals surface area contributed by atoms with Crippen molar-refractivity contribution >= 4 is 17.6 Å². The molecule has 0 bridgehead atoms. The maximum Gasteiger partial charge on any atom is 0.339 e. The fourth-order valence-corrected chi connectivity index (χ4v) is 2.32. The molecule has 108 valence electrons. The molecule has 6 nitrogen and oxygen atoms in total. The van der Waals surface area contributed by atoms with Gasteiger partial charge >= 0.3 is 5.97 Å². The molecule has 1 aromatic rings. The molecule has 1 aromatic heterocycles. The summed E-state index contributed by atoms with van der Waals surface area (Å²) in [6, 6.07) is 1.61. The molecule has 1 saturated heterocycles. The summed E-state index contributed by atoms with van der Waals surface area (Å²) >= 11 is 0. The van der Waals surface area contributed by atoms with E-state index in [9.17, 15) is 9.59 Å². The first kappa shape index (κ1) is 14.3. The fourth-order valence-electron chi connectivity index (χ4n) is 2.32. The Morgan fingerprint density at radius 3 is 2.75 bits per heavy atom. The van der Waals surface area contributed by atoms with E-state index in [1.54, 1.807) is 6.07 Å². The lowest BCUT2D eigenvalue weighted by atomic mass is 10.1. The first-order chi connectivity index (χ1) is 9.68. The van der Waals surface area contributed by atoms with Crippen LogP contribution in [0.15, 0.2) is 18.5 Å². The number of likely N-dealkylation sites (tertiary alicyclic amines) is 1. The Bertz CT molecular complexity index is 484. The molecule has 2 N–H and O–H groups in total. The van der Waals surface area contributed by atoms with Crippen molar-refractivity contribution < 1.29 is 14.7 Å². The number of pyridine rings is 1. The maximum atomic E-state index is 12.0. The number of amides is 1. The van der Waals surface area contributed by atoms with Gasteiger partial charge in [-0.05, 0) is 25.3 Å². The van der Waals surface area contributed by atoms with E-state index in [4.69, 9.17) is 5.11 Å². The summed E-state index contributed by atoms with van der Waals surface area (Å²) in [6.07, 6.45) is 6.56. The van der Waals surface area contributed by atoms with E-state index in [0.29, 0.717) is 18.7 Å². The molecular weight excluding hydrogens is 258 g/mol. The second-order valence-corrected chi connectivity index (χ2v) is 4.84. The van der Waals surface area contributed by atoms with E-state index >= 15 is 0 Å². The van der Waals surface area contributed by atoms with Crippen LogP contribution in [0.25, 0.3) is 0 Å². The van der Waals surface area contributed by atoms with Crippen LogP contribution in [0, 0.1) is 0 Å². The Labute approximate surface area is 117 Å². The zero-order chi connectivity index (χ0) is 14.4. The minimum Gasteiger partial charge on any atom is -0.478 e. The standard InChI is InChI=1S/C14H19N3O3/c18-13(17-8-2-1-3-9-17)5-7-16-12-4-6-15-10-11(12)14(19)20/h4,6,10H,1-3,5,7-9H2,(H,15,16)(H,19,20). The molecule has 0 aliphatic carbocycles. The SMILES string of the molecule is O=C(O)c1cnccc1NCCC(=O)N1CCCCC1. The Kier molecular flexibility index (Phi) is 4.92. The van der Waals surface area contributed by atoms with Gasteiger partial charge in [0.25, 0.3) is 0 Å². The van der Waals surface area contributed by atoms with Crippen LogP contribution in [-0.2, 0) is 4.79 Å². The van der Waals surface area contributed by atoms with Gasteiger partial charge in [0.05, 0.1) is 5.69 Å². The lowest BCUT2D eigenvalue weighted by Gasteiger charge is -2.26. The highest BCUT2D eigenvalue weighted by Crippen LogP contribution is 2.14. The lowest BCUT2D eigenvalue weighted by molar-refractivity contribution is -0.131. The van der Waals surface area contributed by atoms with Crippen LogP contribution in [0.5, 0.6) is 0 Å². The number of nitrogens with zero attached hydrogens (tertiary/aromatic N) is 2. The summed E-state index contributed by atoms with van der Waals surface area (Å²) < 4.78 is 0. The second kappa shape index (κ2) is 6.88. The van der Waals surface area contributed by atoms with E-state index in [1.165, 1.54) is 18.8 Å². The van der Waals surface area contributed by atoms with Crippen LogP contribution in [0.2, 0.25) is 0 Å². The summed E-state index contributed by atoms with van der Waals surface area (Å²) in [5.41, 5.74) is 0.622. The van der Waals surface area contributed by atoms with E-state index in [-0.39, 0.29) is 11.5 Å². The number of carboxylic acid groups (broad SMARTS) is 1. The molecule has 1 aliphatic heterocycles. The second-order valence-electron chi connectivity index (χ2n) is 4.84. The molecule has 2 heterocycles. The van der Waals surface area contributed by atoms with Gasteiger partial charge in [0, 0.05) is 38.4 Å². The van der Waals surface area contributed by atoms with Gasteiger partial charge in [-0.15, -0.1) is 0 Å². The molecule has 0 radical (unpaired) electrons. The summed E-state index contributed by atoms with van der Waals surface area (Å²) in [5.74, 6) is -0.897. The van der Waals surface area contributed by atoms with Crippen LogP contribution < -0.4 is 5.32 Å². The number of carbonyl (C=O) groups excluding carboxylic acids is 1. The first-order valence-corrected chi connectivity index (χ1v) is 6.87. The van der Waals surface area contributed by atoms with E-state index in [0.717, 1.165) is 25.9 Å². The molecule has 0 spiro atoms. The van der Waals surface area contributed by atoms with Gasteiger partial charge in [0.2, 0.25) is 5.91 Å². The van der Waals surface area contributed by atoms with E-state index < -0.39 is 5.97 Å². The number of piperidine rings is 1. The molecule has 1 fully saturated rings. The molecule has 2 rings (SSSR count). The van der Waals surface area contributed by atoms with Crippen molar-refractivity contribution in [2.45, 2.75) is 25.7 Å². The van der Waals surface area contributed by atoms with Crippen LogP contribution in [-0.4, -0.2) is 46.5 Å². The Morgan fingerprint density at radius 1 is 1.30 bits per heavy atom. The largest absolute Gasteiger partial charge is 0.478 e. The average molecular weight is 277 g/mol. The monoisotopic (exact) mass is 277 g/mol. The van der Waals surface area contributed by atoms with Crippen molar-refractivity contribution in [2.24, 2.45) is 0 Å². The smallest absolute Gasteiger partial charge is 0.339 e. The Hall–Kier alpha value is -2.11. The van der Waals surface area contributed by atoms with Gasteiger partial charge in [0.1, 0.15) is 5.56 Å². The van der Waals surface area contributed by atoms with E-state index in [2.05, 4.69) is 10.3 Å². The number of nitrogens with one attached hydrogen (secondary N) is 1. The van der Waals surface area contributed by atoms with Gasteiger partial charge in [-0.25, -0.2) is 4.79 Å². The van der Waals surface area contributed by atoms with Gasteiger partial charge in [0.15, 0.2) is 0 Å². The topological polar surface area (TPSA) is 82.5 Å². The number of carbonyl (C=O) groups is 2. The molecule has 6 heteroatoms. The van der Waals surface area contributed by atoms with Gasteiger partial charge in [-0.3, -0.25) is 9.78 Å². The minimum atomic E-state index is -1.03. The van der Waals surface area contributed by atoms with Crippen LogP contribution in [0.1, 0.15) is 36.0 Å². The number of hydrogen-bond acceptors (Lipinski definition) is 4. The summed E-state index contributed by atoms with van der Waals surface area (Å²) in [6.45, 7) is 2.11. The highest BCUT2D eigenvalue weighted by Gasteiger charge is 2.16. The quantitative estimate of drug-likeness (QED) is 0.854. The van der Waals surface area contributed by atoms with Crippen molar-refractivity contribution in [3.05, 3.63) is 24.0 Å². The minimum absolute atomic E-state index is 0.123. The summed E-state index contributed by atoms with van der Waals surface area (Å²) in [7, 11) is 0. The fraction of sp³-hybridized carbons (Fsp3) is 0.500. The molecule has 1 amide bonds. The van der Waals surface area contributed by atoms with Crippen molar-refractivity contribution in [2.75, 3.05) is 25.0 Å². The zero-order valence-electron chi connectivity index (χ0n) is 11.3. The molecule has 0 atom stereocenters. The number of hydrogen-bond donors (Lipinski definition) is 2. The highest BCUT2D eigenvalue weighted by molar-refractivity contribution is 5.93. The number of rotatable bonds is 5. The van der Waals surface area contributed by atoms with Crippen LogP contribution >= 0.6 is 0 Å². The van der Waals surface area contributed by atoms with Crippen molar-refractivity contribution in [3.63, 3.8) is 0 Å². The Balaban J connectivity index is 1.83. The molecule has 0 saturated carbocycles. The van der Waals surface area contributed by atoms with Gasteiger partial charge in [-0.1, -0.05) is 0 Å². The third-order valence-corrected chi connectivity index (χ3v) is 3.41. The predicted octanol–water partition coefficient (Wildman–Crippen LogP) is 1.59. The number of aromatic carboxylic acids is 1. The highest BCUT2D eigenvalue weighted by atomic mass is 16.4. The predicted molar refractivity (Wildman–Crippen MR) is 74.7 cm³/mol. The number of carboxylic acids is 1. The Morgan fingerprint density at radius 2 is 2.05 bits per heavy atom. The first-order valence-electron chi connectivity index (χ1n) is 6.87. The lowest BCUT2D eigenvalue weighted by Crippen LogP contribution is -2.36. The van der Waals surface area contributed by atoms with Crippen LogP contribution in [0.3, 0.4) is 0 Å². The zero-order valence-corrected chi connectivity index (χ0v) is 11.3. The molecule has 20 heavy (non-hydrogen) atoms. The molecule has 0 aromatic carbocycles. The van der Waals surface area contributed by atoms with Crippen LogP contribution in [0.4, 0.5) is 5.69 Å². The normalized spacial score (nSPS) is 14.9. The van der Waals surface area contributed by atoms with E-state index in [1.807, 2.05) is 4.90 Å². The van der Waals surface area contributed by atoms with Crippen molar-refractivity contribution in [1.82, 2.24) is 9.88 Å². The third kappa shape index (κ3) is 3.69. The van der Waals surface area contributed by atoms with Gasteiger partial charge in [-0.2, -0.15) is 0 Å². The summed E-state index contributed by atoms with van der Waals surface area (Å²) in [5, 5.41) is 12.0. The van der Waals surface area contributed by atoms with Crippen molar-refractivity contribution in [1.29, 1.82) is 0 Å². The number of aromatic nitrogens is 1. The maximum absolute atomic E-state index is 12.0. The van der Waals surface area contributed by atoms with Crippen molar-refractivity contribution in [3.8, 4) is 0 Å². The van der Waals surface area contributed by atoms with Gasteiger partial charge < -0.3 is 15.3 Å². The third-order valence-electron chi connectivity index (χ3n) is 3.41. The molecule has 1 aliphatic rings. The average Bonchev–Trinajstić information content (AvgIpc) is 2.48.